The lowest BCUT2D eigenvalue weighted by atomic mass is 10.0. The van der Waals surface area contributed by atoms with Crippen LogP contribution in [0.3, 0.4) is 0 Å². The fraction of sp³-hybridized carbons (Fsp3) is 0.250. The Morgan fingerprint density at radius 1 is 1.50 bits per heavy atom. The highest BCUT2D eigenvalue weighted by molar-refractivity contribution is 8.00. The van der Waals surface area contributed by atoms with Gasteiger partial charge in [-0.3, -0.25) is 19.3 Å². The maximum Gasteiger partial charge on any atom is 0.352 e. The first-order chi connectivity index (χ1) is 14.4. The number of thioether (sulfide) groups is 1. The van der Waals surface area contributed by atoms with Gasteiger partial charge in [0.15, 0.2) is 10.8 Å². The van der Waals surface area contributed by atoms with E-state index in [4.69, 9.17) is 16.4 Å². The largest absolute Gasteiger partial charge is 0.477 e. The Labute approximate surface area is 182 Å². The number of anilines is 1. The van der Waals surface area contributed by atoms with Crippen molar-refractivity contribution in [2.24, 2.45) is 5.16 Å². The van der Waals surface area contributed by atoms with E-state index in [1.54, 1.807) is 0 Å². The van der Waals surface area contributed by atoms with Gasteiger partial charge in [0.1, 0.15) is 29.9 Å². The second kappa shape index (κ2) is 9.28. The summed E-state index contributed by atoms with van der Waals surface area (Å²) in [7, 11) is 1.24. The summed E-state index contributed by atoms with van der Waals surface area (Å²) in [6.07, 6.45) is 1.86. The molecule has 2 aliphatic heterocycles. The average molecular weight is 472 g/mol. The summed E-state index contributed by atoms with van der Waals surface area (Å²) in [4.78, 5) is 57.4. The predicted octanol–water partition coefficient (Wildman–Crippen LogP) is 0.553. The molecule has 1 unspecified atom stereocenters. The molecule has 0 aliphatic carbocycles. The summed E-state index contributed by atoms with van der Waals surface area (Å²) in [5.41, 5.74) is 1.36. The zero-order valence-corrected chi connectivity index (χ0v) is 17.6. The van der Waals surface area contributed by atoms with E-state index in [0.717, 1.165) is 16.2 Å². The van der Waals surface area contributed by atoms with Crippen LogP contribution in [0.5, 0.6) is 0 Å². The molecular formula is C16H14ClN5O6S2. The summed E-state index contributed by atoms with van der Waals surface area (Å²) in [5, 5.41) is 19.2. The van der Waals surface area contributed by atoms with E-state index in [9.17, 15) is 24.3 Å². The van der Waals surface area contributed by atoms with Gasteiger partial charge in [-0.1, -0.05) is 16.8 Å². The summed E-state index contributed by atoms with van der Waals surface area (Å²) in [5.74, 6) is -2.26. The number of fused-ring (bicyclic) bond motifs is 1. The van der Waals surface area contributed by atoms with Gasteiger partial charge in [0.05, 0.1) is 0 Å². The van der Waals surface area contributed by atoms with Crippen molar-refractivity contribution in [3.05, 3.63) is 34.0 Å². The lowest BCUT2D eigenvalue weighted by Crippen LogP contribution is -2.71. The number of carboxylic acid groups (broad SMARTS) is 1. The van der Waals surface area contributed by atoms with Crippen LogP contribution >= 0.6 is 34.7 Å². The summed E-state index contributed by atoms with van der Waals surface area (Å²) < 4.78 is 0. The molecule has 158 valence electrons. The molecule has 3 heterocycles. The van der Waals surface area contributed by atoms with Gasteiger partial charge in [-0.25, -0.2) is 9.78 Å². The van der Waals surface area contributed by atoms with Crippen LogP contribution in [0.2, 0.25) is 0 Å². The topological polar surface area (TPSA) is 150 Å². The Kier molecular flexibility index (Phi) is 6.74. The highest BCUT2D eigenvalue weighted by Crippen LogP contribution is 2.40. The first-order valence-corrected chi connectivity index (χ1v) is 10.5. The number of hydrogen-bond donors (Lipinski definition) is 3. The molecule has 0 radical (unpaired) electrons. The van der Waals surface area contributed by atoms with Gasteiger partial charge in [0.2, 0.25) is 6.41 Å². The maximum absolute atomic E-state index is 12.7. The lowest BCUT2D eigenvalue weighted by molar-refractivity contribution is -0.150. The number of nitrogens with zero attached hydrogens (tertiary/aromatic N) is 3. The highest BCUT2D eigenvalue weighted by Gasteiger charge is 2.54. The minimum atomic E-state index is -1.26. The van der Waals surface area contributed by atoms with Gasteiger partial charge in [-0.05, 0) is 11.6 Å². The molecule has 14 heteroatoms. The molecule has 0 saturated carbocycles. The van der Waals surface area contributed by atoms with Crippen molar-refractivity contribution < 1.29 is 29.1 Å². The van der Waals surface area contributed by atoms with E-state index < -0.39 is 29.2 Å². The number of halogens is 1. The first kappa shape index (κ1) is 21.8. The molecule has 0 aromatic carbocycles. The number of aliphatic carboxylic acids is 1. The Morgan fingerprint density at radius 2 is 2.27 bits per heavy atom. The summed E-state index contributed by atoms with van der Waals surface area (Å²) in [6.45, 7) is 0. The second-order valence-electron chi connectivity index (χ2n) is 5.76. The van der Waals surface area contributed by atoms with Crippen molar-refractivity contribution in [1.29, 1.82) is 0 Å². The third-order valence-corrected chi connectivity index (χ3v) is 6.28. The monoisotopic (exact) mass is 471 g/mol. The number of β-lactam (4-membered cyclic amide) rings is 1. The van der Waals surface area contributed by atoms with Crippen LogP contribution in [0.15, 0.2) is 33.4 Å². The Hall–Kier alpha value is -2.90. The number of allylic oxidation sites excluding steroid dienone is 1. The van der Waals surface area contributed by atoms with Crippen molar-refractivity contribution in [1.82, 2.24) is 15.2 Å². The number of carbonyl (C=O) groups is 4. The van der Waals surface area contributed by atoms with Crippen LogP contribution in [0.4, 0.5) is 5.13 Å². The third-order valence-electron chi connectivity index (χ3n) is 4.08. The van der Waals surface area contributed by atoms with Gasteiger partial charge >= 0.3 is 5.97 Å². The molecule has 2 aliphatic rings. The molecule has 30 heavy (non-hydrogen) atoms. The number of thiazole rings is 1. The standard InChI is InChI=1S/C16H14ClN5O6S2/c1-28-21-9(8-5-30-16(19-8)18-6-23)12(24)20-10-13(25)22-11(15(26)27)7(2-3-17)4-29-14(10)22/h2-3,5-6,10,14H,4H2,1H3,(H,20,24)(H,26,27)(H,18,19,23)/t10?,14-/m0/s1. The Bertz CT molecular complexity index is 991. The smallest absolute Gasteiger partial charge is 0.352 e. The molecule has 1 saturated heterocycles. The third kappa shape index (κ3) is 4.04. The molecular weight excluding hydrogens is 458 g/mol. The second-order valence-corrected chi connectivity index (χ2v) is 7.97. The number of carboxylic acids is 1. The maximum atomic E-state index is 12.7. The number of rotatable bonds is 8. The van der Waals surface area contributed by atoms with Crippen LogP contribution < -0.4 is 10.6 Å². The Morgan fingerprint density at radius 3 is 2.90 bits per heavy atom. The molecule has 1 aromatic rings. The normalized spacial score (nSPS) is 21.2. The van der Waals surface area contributed by atoms with Crippen LogP contribution in [0.1, 0.15) is 5.69 Å². The van der Waals surface area contributed by atoms with E-state index in [1.165, 1.54) is 35.9 Å². The predicted molar refractivity (Wildman–Crippen MR) is 110 cm³/mol. The number of aromatic nitrogens is 1. The van der Waals surface area contributed by atoms with Crippen LogP contribution in [-0.4, -0.2) is 69.2 Å². The minimum absolute atomic E-state index is 0.143. The molecule has 11 nitrogen and oxygen atoms in total. The van der Waals surface area contributed by atoms with E-state index in [1.807, 2.05) is 0 Å². The van der Waals surface area contributed by atoms with Crippen LogP contribution in [0, 0.1) is 0 Å². The molecule has 1 aromatic heterocycles. The van der Waals surface area contributed by atoms with Crippen molar-refractivity contribution in [2.75, 3.05) is 18.2 Å². The molecule has 1 fully saturated rings. The van der Waals surface area contributed by atoms with Crippen molar-refractivity contribution in [3.63, 3.8) is 0 Å². The SMILES string of the molecule is CON=C(C(=O)NC1C(=O)N2C(C(=O)O)=C(C=CCl)CS[C@@H]12)c1csc(NC=O)n1. The van der Waals surface area contributed by atoms with Crippen LogP contribution in [-0.2, 0) is 24.0 Å². The molecule has 0 bridgehead atoms. The summed E-state index contributed by atoms with van der Waals surface area (Å²) >= 11 is 7.92. The van der Waals surface area contributed by atoms with Gasteiger partial charge in [0, 0.05) is 16.7 Å². The zero-order chi connectivity index (χ0) is 21.8. The zero-order valence-electron chi connectivity index (χ0n) is 15.2. The van der Waals surface area contributed by atoms with Gasteiger partial charge in [-0.15, -0.1) is 23.1 Å². The van der Waals surface area contributed by atoms with Crippen molar-refractivity contribution >= 4 is 69.7 Å². The number of carbonyl (C=O) groups excluding carboxylic acids is 3. The number of hydrogen-bond acceptors (Lipinski definition) is 9. The van der Waals surface area contributed by atoms with Gasteiger partial charge in [-0.2, -0.15) is 0 Å². The van der Waals surface area contributed by atoms with Gasteiger partial charge in [0.25, 0.3) is 11.8 Å². The molecule has 0 spiro atoms. The average Bonchev–Trinajstić information content (AvgIpc) is 3.18. The van der Waals surface area contributed by atoms with Crippen molar-refractivity contribution in [2.45, 2.75) is 11.4 Å². The van der Waals surface area contributed by atoms with Crippen LogP contribution in [0.25, 0.3) is 0 Å². The number of oxime groups is 1. The van der Waals surface area contributed by atoms with E-state index in [2.05, 4.69) is 20.8 Å². The lowest BCUT2D eigenvalue weighted by Gasteiger charge is -2.49. The molecule has 3 amide bonds. The molecule has 2 atom stereocenters. The van der Waals surface area contributed by atoms with Crippen molar-refractivity contribution in [3.8, 4) is 0 Å². The Balaban J connectivity index is 1.79. The van der Waals surface area contributed by atoms with Gasteiger partial charge < -0.3 is 20.6 Å². The first-order valence-electron chi connectivity index (χ1n) is 8.18. The molecule has 3 rings (SSSR count). The number of amides is 3. The van der Waals surface area contributed by atoms with E-state index in [-0.39, 0.29) is 22.2 Å². The fourth-order valence-electron chi connectivity index (χ4n) is 2.85. The quantitative estimate of drug-likeness (QED) is 0.215. The highest BCUT2D eigenvalue weighted by atomic mass is 35.5. The number of nitrogens with one attached hydrogen (secondary N) is 2. The summed E-state index contributed by atoms with van der Waals surface area (Å²) in [6, 6.07) is -0.952. The molecule has 3 N–H and O–H groups in total. The fourth-order valence-corrected chi connectivity index (χ4v) is 4.98. The van der Waals surface area contributed by atoms with E-state index >= 15 is 0 Å². The minimum Gasteiger partial charge on any atom is -0.477 e. The van der Waals surface area contributed by atoms with E-state index in [0.29, 0.717) is 17.7 Å².